The second-order valence-electron chi connectivity index (χ2n) is 16.0. The van der Waals surface area contributed by atoms with Crippen LogP contribution in [0.25, 0.3) is 5.57 Å². The lowest BCUT2D eigenvalue weighted by molar-refractivity contribution is -0.187. The highest BCUT2D eigenvalue weighted by atomic mass is 16.4. The van der Waals surface area contributed by atoms with Crippen LogP contribution in [0.4, 0.5) is 5.69 Å². The highest BCUT2D eigenvalue weighted by Crippen LogP contribution is 2.73. The van der Waals surface area contributed by atoms with E-state index in [4.69, 9.17) is 5.11 Å². The molecule has 0 radical (unpaired) electrons. The molecular weight excluding hydrogens is 634 g/mol. The molecule has 6 rings (SSSR count). The van der Waals surface area contributed by atoms with Crippen molar-refractivity contribution in [1.29, 1.82) is 0 Å². The van der Waals surface area contributed by atoms with Crippen molar-refractivity contribution in [3.8, 4) is 25.7 Å². The molecule has 0 bridgehead atoms. The quantitative estimate of drug-likeness (QED) is 0.203. The van der Waals surface area contributed by atoms with Crippen molar-refractivity contribution in [3.05, 3.63) is 48.6 Å². The lowest BCUT2D eigenvalue weighted by atomic mass is 9.36. The highest BCUT2D eigenvalue weighted by Gasteiger charge is 2.66. The number of aliphatic carboxylic acids is 2. The monoisotopic (exact) mass is 699 g/mol. The summed E-state index contributed by atoms with van der Waals surface area (Å²) in [5.41, 5.74) is 3.34. The molecule has 280 valence electrons. The summed E-state index contributed by atoms with van der Waals surface area (Å²) in [7, 11) is 0. The van der Waals surface area contributed by atoms with Gasteiger partial charge in [0.05, 0.1) is 11.8 Å². The van der Waals surface area contributed by atoms with Gasteiger partial charge in [0.25, 0.3) is 0 Å². The molecule has 6 nitrogen and oxygen atoms in total. The first-order valence-electron chi connectivity index (χ1n) is 19.0. The Hall–Kier alpha value is -3.77. The Balaban J connectivity index is 0.000000923. The van der Waals surface area contributed by atoms with Crippen LogP contribution in [0.5, 0.6) is 0 Å². The van der Waals surface area contributed by atoms with Gasteiger partial charge in [-0.05, 0) is 134 Å². The van der Waals surface area contributed by atoms with Gasteiger partial charge in [-0.2, -0.15) is 0 Å². The Bertz CT molecular complexity index is 1430. The third-order valence-corrected chi connectivity index (χ3v) is 13.6. The Morgan fingerprint density at radius 2 is 1.43 bits per heavy atom. The van der Waals surface area contributed by atoms with E-state index >= 15 is 0 Å². The fraction of sp³-hybridized carbons (Fsp3) is 0.622. The van der Waals surface area contributed by atoms with Gasteiger partial charge in [0.1, 0.15) is 0 Å². The largest absolute Gasteiger partial charge is 0.481 e. The molecule has 1 amide bonds. The van der Waals surface area contributed by atoms with Crippen LogP contribution >= 0.6 is 0 Å². The van der Waals surface area contributed by atoms with Crippen LogP contribution in [-0.4, -0.2) is 28.1 Å². The number of hydrogen-bond donors (Lipinski definition) is 3. The fourth-order valence-corrected chi connectivity index (χ4v) is 11.9. The molecule has 8 atom stereocenters. The number of allylic oxidation sites excluding steroid dienone is 3. The third kappa shape index (κ3) is 8.17. The number of benzene rings is 1. The maximum Gasteiger partial charge on any atom is 0.309 e. The van der Waals surface area contributed by atoms with E-state index in [0.29, 0.717) is 35.3 Å². The average Bonchev–Trinajstić information content (AvgIpc) is 3.57. The van der Waals surface area contributed by atoms with Gasteiger partial charge in [-0.3, -0.25) is 14.4 Å². The molecule has 0 heterocycles. The Labute approximate surface area is 309 Å². The number of nitrogens with one attached hydrogen (secondary N) is 1. The molecule has 0 saturated heterocycles. The summed E-state index contributed by atoms with van der Waals surface area (Å²) in [6.07, 6.45) is 31.0. The SMILES string of the molecule is C#C.C#C.C=CC.CC.CC1(C)C(c2ccc(NC(=O)CCC(=O)O)cc2)=CC[C@@]2(C)C1CC[C@@]1(C)C3CC[C@@]4(C(=O)O)CCCC4[C@H]3CCC12. The van der Waals surface area contributed by atoms with Gasteiger partial charge >= 0.3 is 11.9 Å². The Morgan fingerprint density at radius 1 is 0.824 bits per heavy atom. The third-order valence-electron chi connectivity index (χ3n) is 13.6. The summed E-state index contributed by atoms with van der Waals surface area (Å²) >= 11 is 0. The van der Waals surface area contributed by atoms with Gasteiger partial charge in [0.15, 0.2) is 0 Å². The Kier molecular flexibility index (Phi) is 15.4. The molecule has 4 unspecified atom stereocenters. The summed E-state index contributed by atoms with van der Waals surface area (Å²) in [4.78, 5) is 35.4. The lowest BCUT2D eigenvalue weighted by Crippen LogP contribution is -2.61. The van der Waals surface area contributed by atoms with Gasteiger partial charge in [0, 0.05) is 12.1 Å². The summed E-state index contributed by atoms with van der Waals surface area (Å²) in [6.45, 7) is 19.3. The minimum atomic E-state index is -0.970. The van der Waals surface area contributed by atoms with Gasteiger partial charge in [0.2, 0.25) is 5.91 Å². The number of anilines is 1. The molecule has 3 N–H and O–H groups in total. The van der Waals surface area contributed by atoms with Crippen LogP contribution < -0.4 is 5.32 Å². The fourth-order valence-electron chi connectivity index (χ4n) is 11.9. The van der Waals surface area contributed by atoms with Crippen LogP contribution in [-0.2, 0) is 14.4 Å². The molecule has 4 saturated carbocycles. The number of hydrogen-bond acceptors (Lipinski definition) is 3. The number of carbonyl (C=O) groups excluding carboxylic acids is 1. The normalized spacial score (nSPS) is 33.4. The maximum atomic E-state index is 12.5. The number of rotatable bonds is 6. The van der Waals surface area contributed by atoms with E-state index in [1.165, 1.54) is 36.8 Å². The standard InChI is InChI=1S/C36H49NO5.C3H6.C2H6.2C2H2/c1-33(2)25(22-7-9-23(10-8-22)37-30(38)13-14-31(39)40)15-19-35(4)28(33)17-20-34(3)26-16-21-36(32(41)42)18-5-6-27(36)24(26)11-12-29(34)35;1-3-2;3*1-2/h7-10,15,24,26-29H,5-6,11-14,16-21H2,1-4H3,(H,37,38)(H,39,40)(H,41,42);3H,1H2,2H3;1-2H3;2*1-2H/t24-,26?,27?,28?,29?,34-,35-,36-;;;;/m0..../s1. The van der Waals surface area contributed by atoms with E-state index in [2.05, 4.69) is 83.5 Å². The van der Waals surface area contributed by atoms with E-state index < -0.39 is 17.4 Å². The van der Waals surface area contributed by atoms with Crippen molar-refractivity contribution in [2.75, 3.05) is 5.32 Å². The minimum Gasteiger partial charge on any atom is -0.481 e. The predicted molar refractivity (Wildman–Crippen MR) is 211 cm³/mol. The van der Waals surface area contributed by atoms with Crippen molar-refractivity contribution < 1.29 is 24.6 Å². The van der Waals surface area contributed by atoms with Crippen LogP contribution in [0, 0.1) is 76.9 Å². The smallest absolute Gasteiger partial charge is 0.309 e. The van der Waals surface area contributed by atoms with Crippen molar-refractivity contribution in [3.63, 3.8) is 0 Å². The average molecular weight is 700 g/mol. The molecule has 0 aliphatic heterocycles. The van der Waals surface area contributed by atoms with Crippen LogP contribution in [0.15, 0.2) is 43.0 Å². The zero-order valence-corrected chi connectivity index (χ0v) is 32.5. The van der Waals surface area contributed by atoms with Gasteiger partial charge in [-0.1, -0.05) is 72.2 Å². The van der Waals surface area contributed by atoms with Crippen molar-refractivity contribution in [2.24, 2.45) is 51.2 Å². The molecule has 1 aromatic carbocycles. The molecule has 51 heavy (non-hydrogen) atoms. The predicted octanol–water partition coefficient (Wildman–Crippen LogP) is 10.8. The van der Waals surface area contributed by atoms with Crippen molar-refractivity contribution in [2.45, 2.75) is 126 Å². The second-order valence-corrected chi connectivity index (χ2v) is 16.0. The second kappa shape index (κ2) is 18.1. The number of carboxylic acid groups (broad SMARTS) is 2. The lowest BCUT2D eigenvalue weighted by Gasteiger charge is -2.68. The van der Waals surface area contributed by atoms with Crippen LogP contribution in [0.3, 0.4) is 0 Å². The highest BCUT2D eigenvalue weighted by molar-refractivity contribution is 5.92. The first-order valence-corrected chi connectivity index (χ1v) is 19.0. The van der Waals surface area contributed by atoms with E-state index in [0.717, 1.165) is 38.5 Å². The molecule has 6 heteroatoms. The van der Waals surface area contributed by atoms with Crippen molar-refractivity contribution in [1.82, 2.24) is 0 Å². The Morgan fingerprint density at radius 3 is 2.00 bits per heavy atom. The number of amides is 1. The zero-order valence-electron chi connectivity index (χ0n) is 32.5. The summed E-state index contributed by atoms with van der Waals surface area (Å²) < 4.78 is 0. The maximum absolute atomic E-state index is 12.5. The van der Waals surface area contributed by atoms with Gasteiger partial charge in [-0.15, -0.1) is 32.3 Å². The molecule has 5 aliphatic rings. The number of carbonyl (C=O) groups is 3. The van der Waals surface area contributed by atoms with E-state index in [1.54, 1.807) is 6.08 Å². The summed E-state index contributed by atoms with van der Waals surface area (Å²) in [5, 5.41) is 22.0. The van der Waals surface area contributed by atoms with E-state index in [9.17, 15) is 19.5 Å². The summed E-state index contributed by atoms with van der Waals surface area (Å²) in [5.74, 6) is 1.05. The molecule has 1 aromatic rings. The molecule has 0 spiro atoms. The minimum absolute atomic E-state index is 0.00785. The van der Waals surface area contributed by atoms with Crippen molar-refractivity contribution >= 4 is 29.1 Å². The number of fused-ring (bicyclic) bond motifs is 7. The first-order chi connectivity index (χ1) is 24.2. The topological polar surface area (TPSA) is 104 Å². The number of carboxylic acids is 2. The van der Waals surface area contributed by atoms with Crippen LogP contribution in [0.1, 0.15) is 131 Å². The zero-order chi connectivity index (χ0) is 38.8. The first kappa shape index (κ1) is 43.4. The van der Waals surface area contributed by atoms with E-state index in [-0.39, 0.29) is 35.0 Å². The van der Waals surface area contributed by atoms with Gasteiger partial charge < -0.3 is 15.5 Å². The molecule has 5 aliphatic carbocycles. The number of terminal acetylenes is 2. The molecule has 4 fully saturated rings. The van der Waals surface area contributed by atoms with Crippen LogP contribution in [0.2, 0.25) is 0 Å². The molecule has 0 aromatic heterocycles. The van der Waals surface area contributed by atoms with Gasteiger partial charge in [-0.25, -0.2) is 0 Å². The van der Waals surface area contributed by atoms with E-state index in [1.807, 2.05) is 32.9 Å². The molecular formula is C45H65NO5. The summed E-state index contributed by atoms with van der Waals surface area (Å²) in [6, 6.07) is 8.06.